The van der Waals surface area contributed by atoms with Crippen molar-refractivity contribution in [2.24, 2.45) is 0 Å². The van der Waals surface area contributed by atoms with Crippen LogP contribution in [0.25, 0.3) is 16.8 Å². The normalized spacial score (nSPS) is 11.0. The fourth-order valence-corrected chi connectivity index (χ4v) is 2.33. The lowest BCUT2D eigenvalue weighted by Gasteiger charge is -2.02. The van der Waals surface area contributed by atoms with Crippen molar-refractivity contribution >= 4 is 34.4 Å². The van der Waals surface area contributed by atoms with Crippen LogP contribution in [0, 0.1) is 0 Å². The summed E-state index contributed by atoms with van der Waals surface area (Å²) in [6.45, 7) is 0. The maximum atomic E-state index is 11.9. The third kappa shape index (κ3) is 3.35. The van der Waals surface area contributed by atoms with E-state index in [0.29, 0.717) is 10.8 Å². The average molecular weight is 309 g/mol. The molecule has 0 bridgehead atoms. The van der Waals surface area contributed by atoms with Gasteiger partial charge < -0.3 is 4.74 Å². The molecule has 108 valence electrons. The van der Waals surface area contributed by atoms with Gasteiger partial charge in [0.2, 0.25) is 0 Å². The van der Waals surface area contributed by atoms with Crippen LogP contribution in [0.4, 0.5) is 0 Å². The SMILES string of the molecule is O=C(C=Cc1cccc2ccccc12)Oc1ccc(Cl)cc1. The van der Waals surface area contributed by atoms with Crippen LogP contribution in [-0.2, 0) is 4.79 Å². The zero-order chi connectivity index (χ0) is 15.4. The molecule has 0 N–H and O–H groups in total. The summed E-state index contributed by atoms with van der Waals surface area (Å²) >= 11 is 5.79. The number of benzene rings is 3. The van der Waals surface area contributed by atoms with Crippen LogP contribution in [0.5, 0.6) is 5.75 Å². The monoisotopic (exact) mass is 308 g/mol. The predicted octanol–water partition coefficient (Wildman–Crippen LogP) is 5.11. The van der Waals surface area contributed by atoms with E-state index < -0.39 is 5.97 Å². The third-order valence-corrected chi connectivity index (χ3v) is 3.51. The smallest absolute Gasteiger partial charge is 0.336 e. The molecule has 0 aromatic heterocycles. The van der Waals surface area contributed by atoms with E-state index in [9.17, 15) is 4.79 Å². The topological polar surface area (TPSA) is 26.3 Å². The molecule has 0 aliphatic heterocycles. The number of fused-ring (bicyclic) bond motifs is 1. The van der Waals surface area contributed by atoms with E-state index in [1.54, 1.807) is 30.3 Å². The predicted molar refractivity (Wildman–Crippen MR) is 90.1 cm³/mol. The van der Waals surface area contributed by atoms with Crippen LogP contribution in [0.3, 0.4) is 0 Å². The minimum absolute atomic E-state index is 0.421. The van der Waals surface area contributed by atoms with E-state index in [1.807, 2.05) is 42.5 Å². The Labute approximate surface area is 133 Å². The maximum Gasteiger partial charge on any atom is 0.336 e. The van der Waals surface area contributed by atoms with Crippen molar-refractivity contribution < 1.29 is 9.53 Å². The first-order chi connectivity index (χ1) is 10.7. The van der Waals surface area contributed by atoms with E-state index in [-0.39, 0.29) is 0 Å². The van der Waals surface area contributed by atoms with Gasteiger partial charge in [-0.1, -0.05) is 54.1 Å². The molecule has 0 heterocycles. The van der Waals surface area contributed by atoms with Crippen molar-refractivity contribution in [3.63, 3.8) is 0 Å². The van der Waals surface area contributed by atoms with Crippen molar-refractivity contribution in [2.75, 3.05) is 0 Å². The fourth-order valence-electron chi connectivity index (χ4n) is 2.21. The van der Waals surface area contributed by atoms with Gasteiger partial charge in [-0.15, -0.1) is 0 Å². The highest BCUT2D eigenvalue weighted by molar-refractivity contribution is 6.30. The van der Waals surface area contributed by atoms with Gasteiger partial charge >= 0.3 is 5.97 Å². The Bertz CT molecular complexity index is 830. The summed E-state index contributed by atoms with van der Waals surface area (Å²) in [4.78, 5) is 11.9. The molecule has 0 unspecified atom stereocenters. The molecule has 3 aromatic carbocycles. The van der Waals surface area contributed by atoms with E-state index in [4.69, 9.17) is 16.3 Å². The molecule has 3 rings (SSSR count). The number of hydrogen-bond acceptors (Lipinski definition) is 2. The maximum absolute atomic E-state index is 11.9. The van der Waals surface area contributed by atoms with Crippen molar-refractivity contribution in [1.82, 2.24) is 0 Å². The van der Waals surface area contributed by atoms with Crippen molar-refractivity contribution in [2.45, 2.75) is 0 Å². The molecular formula is C19H13ClO2. The largest absolute Gasteiger partial charge is 0.423 e. The zero-order valence-electron chi connectivity index (χ0n) is 11.7. The Morgan fingerprint density at radius 1 is 0.909 bits per heavy atom. The van der Waals surface area contributed by atoms with Gasteiger partial charge in [-0.25, -0.2) is 4.79 Å². The minimum atomic E-state index is -0.421. The highest BCUT2D eigenvalue weighted by Crippen LogP contribution is 2.20. The van der Waals surface area contributed by atoms with Crippen LogP contribution in [-0.4, -0.2) is 5.97 Å². The molecule has 22 heavy (non-hydrogen) atoms. The summed E-state index contributed by atoms with van der Waals surface area (Å²) < 4.78 is 5.22. The number of rotatable bonds is 3. The first-order valence-electron chi connectivity index (χ1n) is 6.85. The second-order valence-corrected chi connectivity index (χ2v) is 5.21. The highest BCUT2D eigenvalue weighted by atomic mass is 35.5. The van der Waals surface area contributed by atoms with Crippen LogP contribution < -0.4 is 4.74 Å². The molecular weight excluding hydrogens is 296 g/mol. The Morgan fingerprint density at radius 3 is 2.45 bits per heavy atom. The molecule has 0 fully saturated rings. The summed E-state index contributed by atoms with van der Waals surface area (Å²) in [5.74, 6) is 0.0484. The van der Waals surface area contributed by atoms with E-state index in [2.05, 4.69) is 0 Å². The molecule has 0 radical (unpaired) electrons. The second kappa shape index (κ2) is 6.46. The van der Waals surface area contributed by atoms with Gasteiger partial charge in [-0.2, -0.15) is 0 Å². The highest BCUT2D eigenvalue weighted by Gasteiger charge is 2.01. The third-order valence-electron chi connectivity index (χ3n) is 3.25. The van der Waals surface area contributed by atoms with Crippen LogP contribution >= 0.6 is 11.6 Å². The molecule has 0 saturated heterocycles. The lowest BCUT2D eigenvalue weighted by atomic mass is 10.0. The standard InChI is InChI=1S/C19H13ClO2/c20-16-9-11-17(12-10-16)22-19(21)13-8-15-6-3-5-14-4-1-2-7-18(14)15/h1-13H. The van der Waals surface area contributed by atoms with E-state index >= 15 is 0 Å². The van der Waals surface area contributed by atoms with Gasteiger partial charge in [0.1, 0.15) is 5.75 Å². The number of halogens is 1. The zero-order valence-corrected chi connectivity index (χ0v) is 12.5. The second-order valence-electron chi connectivity index (χ2n) is 4.78. The van der Waals surface area contributed by atoms with Gasteiger partial charge in [0, 0.05) is 11.1 Å². The minimum Gasteiger partial charge on any atom is -0.423 e. The molecule has 3 aromatic rings. The Kier molecular flexibility index (Phi) is 4.22. The summed E-state index contributed by atoms with van der Waals surface area (Å²) in [5, 5.41) is 2.84. The molecule has 0 aliphatic carbocycles. The molecule has 0 aliphatic rings. The first-order valence-corrected chi connectivity index (χ1v) is 7.23. The quantitative estimate of drug-likeness (QED) is 0.382. The van der Waals surface area contributed by atoms with Crippen molar-refractivity contribution in [3.8, 4) is 5.75 Å². The molecule has 0 amide bonds. The summed E-state index contributed by atoms with van der Waals surface area (Å²) in [6, 6.07) is 20.7. The number of carbonyl (C=O) groups excluding carboxylic acids is 1. The Morgan fingerprint density at radius 2 is 1.64 bits per heavy atom. The van der Waals surface area contributed by atoms with Gasteiger partial charge in [0.25, 0.3) is 0 Å². The van der Waals surface area contributed by atoms with Crippen LogP contribution in [0.15, 0.2) is 72.8 Å². The van der Waals surface area contributed by atoms with Gasteiger partial charge in [-0.3, -0.25) is 0 Å². The Balaban J connectivity index is 1.78. The van der Waals surface area contributed by atoms with Gasteiger partial charge in [0.05, 0.1) is 0 Å². The van der Waals surface area contributed by atoms with Crippen LogP contribution in [0.1, 0.15) is 5.56 Å². The molecule has 3 heteroatoms. The summed E-state index contributed by atoms with van der Waals surface area (Å²) in [6.07, 6.45) is 3.19. The number of esters is 1. The number of hydrogen-bond donors (Lipinski definition) is 0. The van der Waals surface area contributed by atoms with E-state index in [0.717, 1.165) is 16.3 Å². The molecule has 0 saturated carbocycles. The fraction of sp³-hybridized carbons (Fsp3) is 0. The van der Waals surface area contributed by atoms with E-state index in [1.165, 1.54) is 6.08 Å². The Hall–Kier alpha value is -2.58. The summed E-state index contributed by atoms with van der Waals surface area (Å²) in [7, 11) is 0. The lowest BCUT2D eigenvalue weighted by molar-refractivity contribution is -0.128. The van der Waals surface area contributed by atoms with Gasteiger partial charge in [-0.05, 0) is 46.7 Å². The lowest BCUT2D eigenvalue weighted by Crippen LogP contribution is -2.03. The average Bonchev–Trinajstić information content (AvgIpc) is 2.55. The van der Waals surface area contributed by atoms with Crippen LogP contribution in [0.2, 0.25) is 5.02 Å². The van der Waals surface area contributed by atoms with Gasteiger partial charge in [0.15, 0.2) is 0 Å². The molecule has 0 atom stereocenters. The molecule has 2 nitrogen and oxygen atoms in total. The first kappa shape index (κ1) is 14.4. The summed E-state index contributed by atoms with van der Waals surface area (Å²) in [5.41, 5.74) is 0.978. The van der Waals surface area contributed by atoms with Crippen molar-refractivity contribution in [3.05, 3.63) is 83.4 Å². The molecule has 0 spiro atoms. The van der Waals surface area contributed by atoms with Crippen molar-refractivity contribution in [1.29, 1.82) is 0 Å². The number of carbonyl (C=O) groups is 1. The number of ether oxygens (including phenoxy) is 1.